The van der Waals surface area contributed by atoms with E-state index in [1.807, 2.05) is 4.90 Å². The van der Waals surface area contributed by atoms with Crippen molar-refractivity contribution in [2.75, 3.05) is 12.3 Å². The van der Waals surface area contributed by atoms with Gasteiger partial charge in [-0.2, -0.15) is 0 Å². The molecule has 18 heavy (non-hydrogen) atoms. The van der Waals surface area contributed by atoms with Gasteiger partial charge in [-0.15, -0.1) is 0 Å². The number of anilines is 1. The van der Waals surface area contributed by atoms with Gasteiger partial charge in [-0.05, 0) is 31.9 Å². The van der Waals surface area contributed by atoms with Crippen LogP contribution in [0, 0.1) is 0 Å². The Morgan fingerprint density at radius 3 is 2.94 bits per heavy atom. The third kappa shape index (κ3) is 2.61. The molecule has 1 aliphatic heterocycles. The van der Waals surface area contributed by atoms with Crippen LogP contribution in [0.3, 0.4) is 0 Å². The Bertz CT molecular complexity index is 447. The molecule has 0 saturated carbocycles. The molecule has 1 amide bonds. The number of likely N-dealkylation sites (tertiary alicyclic amines) is 1. The number of halogens is 1. The molecule has 1 unspecified atom stereocenters. The predicted octanol–water partition coefficient (Wildman–Crippen LogP) is 3.33. The molecule has 2 N–H and O–H groups in total. The maximum Gasteiger partial charge on any atom is 0.256 e. The van der Waals surface area contributed by atoms with Crippen LogP contribution in [-0.4, -0.2) is 23.4 Å². The van der Waals surface area contributed by atoms with Crippen molar-refractivity contribution in [1.82, 2.24) is 4.90 Å². The highest BCUT2D eigenvalue weighted by molar-refractivity contribution is 6.33. The average Bonchev–Trinajstić information content (AvgIpc) is 2.57. The van der Waals surface area contributed by atoms with Gasteiger partial charge in [-0.25, -0.2) is 0 Å². The lowest BCUT2D eigenvalue weighted by Gasteiger charge is -2.27. The second kappa shape index (κ2) is 5.61. The smallest absolute Gasteiger partial charge is 0.256 e. The normalized spacial score (nSPS) is 20.6. The minimum Gasteiger partial charge on any atom is -0.397 e. The van der Waals surface area contributed by atoms with Gasteiger partial charge in [0.15, 0.2) is 0 Å². The van der Waals surface area contributed by atoms with E-state index in [1.54, 1.807) is 18.2 Å². The Labute approximate surface area is 113 Å². The van der Waals surface area contributed by atoms with Gasteiger partial charge >= 0.3 is 0 Å². The number of para-hydroxylation sites is 1. The van der Waals surface area contributed by atoms with E-state index in [9.17, 15) is 4.79 Å². The van der Waals surface area contributed by atoms with Crippen molar-refractivity contribution < 1.29 is 4.79 Å². The summed E-state index contributed by atoms with van der Waals surface area (Å²) in [4.78, 5) is 14.4. The lowest BCUT2D eigenvalue weighted by Crippen LogP contribution is -2.38. The molecular weight excluding hydrogens is 248 g/mol. The van der Waals surface area contributed by atoms with E-state index in [-0.39, 0.29) is 11.9 Å². The monoisotopic (exact) mass is 266 g/mol. The van der Waals surface area contributed by atoms with Crippen molar-refractivity contribution in [3.63, 3.8) is 0 Å². The van der Waals surface area contributed by atoms with Gasteiger partial charge in [0.25, 0.3) is 5.91 Å². The molecule has 1 fully saturated rings. The number of carbonyl (C=O) groups is 1. The maximum atomic E-state index is 12.5. The first-order chi connectivity index (χ1) is 8.61. The molecule has 0 radical (unpaired) electrons. The van der Waals surface area contributed by atoms with Crippen LogP contribution in [0.5, 0.6) is 0 Å². The summed E-state index contributed by atoms with van der Waals surface area (Å²) in [5.41, 5.74) is 6.81. The summed E-state index contributed by atoms with van der Waals surface area (Å²) in [6, 6.07) is 5.51. The topological polar surface area (TPSA) is 46.3 Å². The molecule has 3 nitrogen and oxygen atoms in total. The Hall–Kier alpha value is -1.22. The zero-order chi connectivity index (χ0) is 13.1. The summed E-state index contributed by atoms with van der Waals surface area (Å²) < 4.78 is 0. The van der Waals surface area contributed by atoms with Crippen LogP contribution < -0.4 is 5.73 Å². The number of nitrogens with zero attached hydrogens (tertiary/aromatic N) is 1. The van der Waals surface area contributed by atoms with Crippen LogP contribution in [0.15, 0.2) is 18.2 Å². The fourth-order valence-electron chi connectivity index (χ4n) is 2.45. The van der Waals surface area contributed by atoms with Gasteiger partial charge in [0.1, 0.15) is 0 Å². The summed E-state index contributed by atoms with van der Waals surface area (Å²) in [5, 5.41) is 0.448. The van der Waals surface area contributed by atoms with Crippen molar-refractivity contribution in [3.05, 3.63) is 28.8 Å². The molecule has 0 spiro atoms. The van der Waals surface area contributed by atoms with E-state index in [0.717, 1.165) is 19.4 Å². The molecule has 1 atom stereocenters. The highest BCUT2D eigenvalue weighted by Crippen LogP contribution is 2.26. The van der Waals surface area contributed by atoms with E-state index in [4.69, 9.17) is 17.3 Å². The molecule has 1 aromatic carbocycles. The van der Waals surface area contributed by atoms with Crippen LogP contribution in [0.2, 0.25) is 5.02 Å². The van der Waals surface area contributed by atoms with Crippen LogP contribution >= 0.6 is 11.6 Å². The summed E-state index contributed by atoms with van der Waals surface area (Å²) in [7, 11) is 0. The van der Waals surface area contributed by atoms with Gasteiger partial charge < -0.3 is 10.6 Å². The molecule has 0 aromatic heterocycles. The average molecular weight is 267 g/mol. The Morgan fingerprint density at radius 2 is 2.17 bits per heavy atom. The van der Waals surface area contributed by atoms with Crippen LogP contribution in [0.25, 0.3) is 0 Å². The fraction of sp³-hybridized carbons (Fsp3) is 0.500. The van der Waals surface area contributed by atoms with Gasteiger partial charge in [-0.3, -0.25) is 4.79 Å². The SMILES string of the molecule is CC1CCCCCN1C(=O)c1cccc(Cl)c1N. The maximum absolute atomic E-state index is 12.5. The third-order valence-electron chi connectivity index (χ3n) is 3.60. The standard InChI is InChI=1S/C14H19ClN2O/c1-10-6-3-2-4-9-17(10)14(18)11-7-5-8-12(15)13(11)16/h5,7-8,10H,2-4,6,9,16H2,1H3. The Kier molecular flexibility index (Phi) is 4.12. The van der Waals surface area contributed by atoms with E-state index in [0.29, 0.717) is 16.3 Å². The van der Waals surface area contributed by atoms with Gasteiger partial charge in [-0.1, -0.05) is 30.5 Å². The number of benzene rings is 1. The minimum absolute atomic E-state index is 0.00407. The van der Waals surface area contributed by atoms with Gasteiger partial charge in [0, 0.05) is 12.6 Å². The molecule has 0 aliphatic carbocycles. The van der Waals surface area contributed by atoms with E-state index < -0.39 is 0 Å². The van der Waals surface area contributed by atoms with Gasteiger partial charge in [0.05, 0.1) is 16.3 Å². The zero-order valence-corrected chi connectivity index (χ0v) is 11.4. The quantitative estimate of drug-likeness (QED) is 0.793. The molecule has 98 valence electrons. The summed E-state index contributed by atoms with van der Waals surface area (Å²) in [6.45, 7) is 2.91. The van der Waals surface area contributed by atoms with Crippen molar-refractivity contribution in [2.24, 2.45) is 0 Å². The van der Waals surface area contributed by atoms with Crippen LogP contribution in [0.4, 0.5) is 5.69 Å². The highest BCUT2D eigenvalue weighted by Gasteiger charge is 2.24. The molecule has 1 heterocycles. The van der Waals surface area contributed by atoms with E-state index in [2.05, 4.69) is 6.92 Å². The molecule has 4 heteroatoms. The molecular formula is C14H19ClN2O. The largest absolute Gasteiger partial charge is 0.397 e. The summed E-state index contributed by atoms with van der Waals surface area (Å²) in [5.74, 6) is 0.00407. The first kappa shape index (κ1) is 13.2. The lowest BCUT2D eigenvalue weighted by molar-refractivity contribution is 0.0699. The van der Waals surface area contributed by atoms with E-state index >= 15 is 0 Å². The number of rotatable bonds is 1. The Morgan fingerprint density at radius 1 is 1.39 bits per heavy atom. The Balaban J connectivity index is 2.26. The number of hydrogen-bond acceptors (Lipinski definition) is 2. The number of nitrogen functional groups attached to an aromatic ring is 1. The fourth-order valence-corrected chi connectivity index (χ4v) is 2.63. The molecule has 1 saturated heterocycles. The number of nitrogens with two attached hydrogens (primary N) is 1. The number of amides is 1. The third-order valence-corrected chi connectivity index (χ3v) is 3.93. The summed E-state index contributed by atoms with van der Waals surface area (Å²) in [6.07, 6.45) is 4.51. The highest BCUT2D eigenvalue weighted by atomic mass is 35.5. The molecule has 1 aromatic rings. The number of hydrogen-bond donors (Lipinski definition) is 1. The second-order valence-electron chi connectivity index (χ2n) is 4.90. The second-order valence-corrected chi connectivity index (χ2v) is 5.31. The molecule has 1 aliphatic rings. The number of carbonyl (C=O) groups excluding carboxylic acids is 1. The van der Waals surface area contributed by atoms with Crippen LogP contribution in [-0.2, 0) is 0 Å². The first-order valence-corrected chi connectivity index (χ1v) is 6.84. The predicted molar refractivity (Wildman–Crippen MR) is 74.8 cm³/mol. The van der Waals surface area contributed by atoms with Crippen molar-refractivity contribution in [1.29, 1.82) is 0 Å². The van der Waals surface area contributed by atoms with Crippen molar-refractivity contribution in [2.45, 2.75) is 38.6 Å². The summed E-state index contributed by atoms with van der Waals surface area (Å²) >= 11 is 5.97. The minimum atomic E-state index is 0.00407. The molecule has 0 bridgehead atoms. The van der Waals surface area contributed by atoms with E-state index in [1.165, 1.54) is 12.8 Å². The molecule has 2 rings (SSSR count). The van der Waals surface area contributed by atoms with Crippen molar-refractivity contribution >= 4 is 23.2 Å². The van der Waals surface area contributed by atoms with Gasteiger partial charge in [0.2, 0.25) is 0 Å². The first-order valence-electron chi connectivity index (χ1n) is 6.46. The zero-order valence-electron chi connectivity index (χ0n) is 10.7. The van der Waals surface area contributed by atoms with Crippen LogP contribution in [0.1, 0.15) is 43.0 Å². The lowest BCUT2D eigenvalue weighted by atomic mass is 10.1. The van der Waals surface area contributed by atoms with Crippen molar-refractivity contribution in [3.8, 4) is 0 Å².